The summed E-state index contributed by atoms with van der Waals surface area (Å²) in [6.07, 6.45) is 49.1. The number of aryl methyl sites for hydroxylation is 8. The molecule has 91 heavy (non-hydrogen) atoms. The third-order valence-corrected chi connectivity index (χ3v) is 110. The first-order valence-corrected chi connectivity index (χ1v) is 48.7. The molecule has 8 atom stereocenters. The molecule has 4 nitrogen and oxygen atoms in total. The van der Waals surface area contributed by atoms with E-state index in [1.54, 1.807) is 28.4 Å². The van der Waals surface area contributed by atoms with Gasteiger partial charge in [-0.15, -0.1) is 0 Å². The SMILES string of the molecule is COc1c(C)cc(C2C=CC=CC3=C2C=C(C)[C]32[SiH](C)[C]3(C(C)=CC4=C3C=CC=CC4c3cc(C)c(OC)c(C)c3)[Zr]23([Cl])([Cl])[C]2(C(C)=CC4=C2C=CC=CC4c2cc(C)c(OC)c(C)c2)[SiH](C)[C]32C(C)=CC3=C2C=CC=CC3c2cc(C)c(OC)c(C)c2)cc1C. The zero-order valence-electron chi connectivity index (χ0n) is 56.5. The fraction of sp³-hybridized carbons (Fsp3) is 0.317. The Labute approximate surface area is 549 Å². The van der Waals surface area contributed by atoms with Crippen molar-refractivity contribution in [2.45, 2.75) is 131 Å². The van der Waals surface area contributed by atoms with Crippen LogP contribution < -0.4 is 18.9 Å². The van der Waals surface area contributed by atoms with E-state index < -0.39 is 43.5 Å². The van der Waals surface area contributed by atoms with Crippen molar-refractivity contribution in [3.63, 3.8) is 0 Å². The molecular weight excluding hydrogens is 1270 g/mol. The molecule has 466 valence electrons. The minimum atomic E-state index is -7.70. The summed E-state index contributed by atoms with van der Waals surface area (Å²) in [5, 5.41) is 0. The molecular formula is C82H88Cl2O4Si2Zr. The zero-order chi connectivity index (χ0) is 64.7. The van der Waals surface area contributed by atoms with Crippen molar-refractivity contribution < 1.29 is 33.9 Å². The van der Waals surface area contributed by atoms with Gasteiger partial charge in [-0.25, -0.2) is 0 Å². The Morgan fingerprint density at radius 1 is 0.319 bits per heavy atom. The quantitative estimate of drug-likeness (QED) is 0.165. The Kier molecular flexibility index (Phi) is 14.1. The van der Waals surface area contributed by atoms with Crippen molar-refractivity contribution in [2.24, 2.45) is 0 Å². The summed E-state index contributed by atoms with van der Waals surface area (Å²) in [7, 11) is 25.0. The van der Waals surface area contributed by atoms with E-state index in [4.69, 9.17) is 18.9 Å². The van der Waals surface area contributed by atoms with E-state index in [0.717, 1.165) is 67.5 Å². The van der Waals surface area contributed by atoms with Crippen molar-refractivity contribution in [2.75, 3.05) is 28.4 Å². The molecule has 10 aliphatic rings. The van der Waals surface area contributed by atoms with Crippen molar-refractivity contribution in [1.29, 1.82) is 0 Å². The normalized spacial score (nSPS) is 31.9. The molecule has 0 amide bonds. The van der Waals surface area contributed by atoms with Crippen LogP contribution in [-0.4, -0.2) is 46.0 Å². The maximum absolute atomic E-state index is 11.5. The van der Waals surface area contributed by atoms with Crippen LogP contribution in [0.25, 0.3) is 0 Å². The number of hydrogen-bond donors (Lipinski definition) is 0. The molecule has 8 aliphatic carbocycles. The van der Waals surface area contributed by atoms with Gasteiger partial charge >= 0.3 is 554 Å². The van der Waals surface area contributed by atoms with Gasteiger partial charge in [0.15, 0.2) is 0 Å². The zero-order valence-corrected chi connectivity index (χ0v) is 62.8. The average Bonchev–Trinajstić information content (AvgIpc) is 1.53. The third kappa shape index (κ3) is 6.68. The van der Waals surface area contributed by atoms with Crippen LogP contribution in [0, 0.1) is 55.4 Å². The number of rotatable bonds is 8. The number of halogens is 2. The Hall–Kier alpha value is -6.18. The first-order valence-electron chi connectivity index (χ1n) is 32.9. The van der Waals surface area contributed by atoms with Crippen LogP contribution in [0.2, 0.25) is 24.1 Å². The Bertz CT molecular complexity index is 3920. The predicted octanol–water partition coefficient (Wildman–Crippen LogP) is 21.2. The van der Waals surface area contributed by atoms with E-state index in [0.29, 0.717) is 0 Å². The first kappa shape index (κ1) is 62.3. The maximum atomic E-state index is 11.5. The van der Waals surface area contributed by atoms with E-state index in [9.17, 15) is 17.0 Å². The molecule has 0 bridgehead atoms. The topological polar surface area (TPSA) is 36.9 Å². The van der Waals surface area contributed by atoms with Crippen molar-refractivity contribution in [3.05, 3.63) is 304 Å². The molecule has 2 heterocycles. The van der Waals surface area contributed by atoms with E-state index in [1.807, 2.05) is 0 Å². The molecule has 0 radical (unpaired) electrons. The Morgan fingerprint density at radius 3 is 0.681 bits per heavy atom. The molecule has 2 saturated heterocycles. The van der Waals surface area contributed by atoms with Gasteiger partial charge in [0.2, 0.25) is 0 Å². The van der Waals surface area contributed by atoms with E-state index in [2.05, 4.69) is 266 Å². The van der Waals surface area contributed by atoms with Gasteiger partial charge in [-0.05, 0) is 0 Å². The predicted molar refractivity (Wildman–Crippen MR) is 386 cm³/mol. The van der Waals surface area contributed by atoms with Crippen LogP contribution in [-0.2, 0) is 14.9 Å². The van der Waals surface area contributed by atoms with Crippen LogP contribution in [0.5, 0.6) is 23.0 Å². The van der Waals surface area contributed by atoms with Crippen molar-refractivity contribution in [3.8, 4) is 23.0 Å². The van der Waals surface area contributed by atoms with Gasteiger partial charge in [-0.3, -0.25) is 0 Å². The molecule has 2 aliphatic heterocycles. The summed E-state index contributed by atoms with van der Waals surface area (Å²) in [5.41, 5.74) is 30.1. The monoisotopic (exact) mass is 1350 g/mol. The standard InChI is InChI=1S/2C41H44O2Si.2ClH.Zr/c2*1-24-18-30(19-25(2)38(24)42-7)32-14-10-12-16-34-36(32)22-28(5)40(34)44(9)41-29(6)23-37-33(15-11-13-17-35(37)41)31-20-26(3)39(43-8)27(4)21-31;;;/h2*10-23,32-33,44H,1-9H3;2*1H;/q;;;;+2/p-2. The molecule has 0 aromatic heterocycles. The van der Waals surface area contributed by atoms with Crippen molar-refractivity contribution in [1.82, 2.24) is 0 Å². The third-order valence-electron chi connectivity index (χ3n) is 25.3. The number of allylic oxidation sites excluding steroid dienone is 32. The summed E-state index contributed by atoms with van der Waals surface area (Å²) >= 11 is -7.70. The van der Waals surface area contributed by atoms with Crippen LogP contribution in [0.4, 0.5) is 0 Å². The van der Waals surface area contributed by atoms with Gasteiger partial charge in [-0.2, -0.15) is 0 Å². The summed E-state index contributed by atoms with van der Waals surface area (Å²) in [6, 6.07) is 19.0. The number of fused-ring (bicyclic) bond motifs is 8. The van der Waals surface area contributed by atoms with Gasteiger partial charge in [-0.1, -0.05) is 0 Å². The second-order valence-corrected chi connectivity index (χ2v) is 68.5. The fourth-order valence-electron chi connectivity index (χ4n) is 23.8. The molecule has 0 saturated carbocycles. The molecule has 0 N–H and O–H groups in total. The van der Waals surface area contributed by atoms with E-state index >= 15 is 0 Å². The number of ether oxygens (including phenoxy) is 4. The second-order valence-electron chi connectivity index (χ2n) is 28.7. The number of hydrogen-bond acceptors (Lipinski definition) is 4. The second kappa shape index (κ2) is 20.7. The molecule has 2 fully saturated rings. The summed E-state index contributed by atoms with van der Waals surface area (Å²) in [6.45, 7) is 33.0. The van der Waals surface area contributed by atoms with E-state index in [1.165, 1.54) is 89.1 Å². The Balaban J connectivity index is 1.20. The summed E-state index contributed by atoms with van der Waals surface area (Å²) in [4.78, 5) is 0. The van der Waals surface area contributed by atoms with Crippen LogP contribution >= 0.6 is 17.0 Å². The van der Waals surface area contributed by atoms with Crippen LogP contribution in [0.1, 0.15) is 118 Å². The number of methoxy groups -OCH3 is 4. The van der Waals surface area contributed by atoms with Gasteiger partial charge in [0.1, 0.15) is 0 Å². The van der Waals surface area contributed by atoms with Gasteiger partial charge < -0.3 is 0 Å². The van der Waals surface area contributed by atoms with Gasteiger partial charge in [0.05, 0.1) is 0 Å². The molecule has 4 aromatic carbocycles. The van der Waals surface area contributed by atoms with Gasteiger partial charge in [0, 0.05) is 0 Å². The minimum absolute atomic E-state index is 0.0849. The first-order chi connectivity index (χ1) is 43.4. The van der Waals surface area contributed by atoms with Gasteiger partial charge in [0.25, 0.3) is 0 Å². The molecule has 9 heteroatoms. The average molecular weight is 1360 g/mol. The number of benzene rings is 4. The van der Waals surface area contributed by atoms with Crippen molar-refractivity contribution >= 4 is 34.6 Å². The summed E-state index contributed by atoms with van der Waals surface area (Å²) in [5.74, 6) is 3.39. The molecule has 5 spiro atoms. The Morgan fingerprint density at radius 2 is 0.505 bits per heavy atom. The van der Waals surface area contributed by atoms with Crippen LogP contribution in [0.15, 0.2) is 237 Å². The fourth-order valence-corrected chi connectivity index (χ4v) is 148. The van der Waals surface area contributed by atoms with Crippen LogP contribution in [0.3, 0.4) is 0 Å². The molecule has 14 rings (SSSR count). The summed E-state index contributed by atoms with van der Waals surface area (Å²) < 4.78 is 21.3. The van der Waals surface area contributed by atoms with E-state index in [-0.39, 0.29) is 23.7 Å². The molecule has 4 aromatic rings. The molecule has 8 unspecified atom stereocenters.